The number of likely N-dealkylation sites (N-methyl/N-ethyl adjacent to an activating group) is 1. The Morgan fingerprint density at radius 3 is 2.32 bits per heavy atom. The Morgan fingerprint density at radius 2 is 1.70 bits per heavy atom. The minimum absolute atomic E-state index is 0.0735. The third-order valence-electron chi connectivity index (χ3n) is 6.86. The predicted octanol–water partition coefficient (Wildman–Crippen LogP) is 4.34. The summed E-state index contributed by atoms with van der Waals surface area (Å²) in [6.45, 7) is 11.1. The van der Waals surface area contributed by atoms with Crippen molar-refractivity contribution in [2.24, 2.45) is 0 Å². The number of aromatic nitrogens is 2. The molecule has 8 heteroatoms. The van der Waals surface area contributed by atoms with Crippen molar-refractivity contribution in [1.29, 1.82) is 0 Å². The lowest BCUT2D eigenvalue weighted by molar-refractivity contribution is -0.140. The van der Waals surface area contributed by atoms with Crippen molar-refractivity contribution in [2.75, 3.05) is 32.8 Å². The first-order valence-corrected chi connectivity index (χ1v) is 12.7. The molecule has 8 nitrogen and oxygen atoms in total. The zero-order valence-corrected chi connectivity index (χ0v) is 21.8. The highest BCUT2D eigenvalue weighted by atomic mass is 16.5. The minimum Gasteiger partial charge on any atom is -0.507 e. The molecule has 1 N–H and O–H groups in total. The molecule has 0 radical (unpaired) electrons. The lowest BCUT2D eigenvalue weighted by Gasteiger charge is -2.28. The van der Waals surface area contributed by atoms with Crippen molar-refractivity contribution < 1.29 is 19.4 Å². The number of aliphatic hydroxyl groups excluding tert-OH is 1. The highest BCUT2D eigenvalue weighted by Crippen LogP contribution is 2.40. The van der Waals surface area contributed by atoms with Crippen LogP contribution in [0.2, 0.25) is 0 Å². The number of ether oxygens (including phenoxy) is 1. The second-order valence-corrected chi connectivity index (χ2v) is 8.91. The Labute approximate surface area is 217 Å². The standard InChI is InChI=1S/C29H34N4O4/c1-5-31(6-2)17-18-32-26(21-13-15-23(16-14-21)37-7-3)25(28(35)29(32)36)27(34)24-19-30-33(20(24)4)22-11-9-8-10-12-22/h8-16,19,26,34H,5-7,17-18H2,1-4H3. The molecule has 0 bridgehead atoms. The molecule has 0 spiro atoms. The van der Waals surface area contributed by atoms with Gasteiger partial charge in [0.1, 0.15) is 11.5 Å². The molecular weight excluding hydrogens is 468 g/mol. The number of hydrogen-bond donors (Lipinski definition) is 1. The monoisotopic (exact) mass is 502 g/mol. The zero-order valence-electron chi connectivity index (χ0n) is 21.8. The summed E-state index contributed by atoms with van der Waals surface area (Å²) in [5.74, 6) is -0.822. The largest absolute Gasteiger partial charge is 0.507 e. The van der Waals surface area contributed by atoms with E-state index in [0.717, 1.165) is 24.3 Å². The highest BCUT2D eigenvalue weighted by Gasteiger charge is 2.46. The van der Waals surface area contributed by atoms with Crippen molar-refractivity contribution >= 4 is 17.4 Å². The van der Waals surface area contributed by atoms with E-state index >= 15 is 0 Å². The van der Waals surface area contributed by atoms with Crippen molar-refractivity contribution in [3.63, 3.8) is 0 Å². The Balaban J connectivity index is 1.80. The molecular formula is C29H34N4O4. The molecule has 194 valence electrons. The fraction of sp³-hybridized carbons (Fsp3) is 0.345. The summed E-state index contributed by atoms with van der Waals surface area (Å²) in [5.41, 5.74) is 2.73. The van der Waals surface area contributed by atoms with E-state index in [1.54, 1.807) is 9.58 Å². The van der Waals surface area contributed by atoms with Gasteiger partial charge in [-0.25, -0.2) is 4.68 Å². The number of aliphatic hydroxyl groups is 1. The maximum Gasteiger partial charge on any atom is 0.295 e. The SMILES string of the molecule is CCOc1ccc(C2C(=C(O)c3cnn(-c4ccccc4)c3C)C(=O)C(=O)N2CCN(CC)CC)cc1. The highest BCUT2D eigenvalue weighted by molar-refractivity contribution is 6.46. The molecule has 37 heavy (non-hydrogen) atoms. The second-order valence-electron chi connectivity index (χ2n) is 8.91. The van der Waals surface area contributed by atoms with Crippen LogP contribution in [0.3, 0.4) is 0 Å². The molecule has 2 aromatic carbocycles. The summed E-state index contributed by atoms with van der Waals surface area (Å²) in [7, 11) is 0. The van der Waals surface area contributed by atoms with Crippen LogP contribution in [0.15, 0.2) is 66.4 Å². The van der Waals surface area contributed by atoms with Gasteiger partial charge in [-0.1, -0.05) is 44.2 Å². The first kappa shape index (κ1) is 26.2. The van der Waals surface area contributed by atoms with Gasteiger partial charge in [0.05, 0.1) is 41.4 Å². The van der Waals surface area contributed by atoms with Crippen LogP contribution >= 0.6 is 0 Å². The van der Waals surface area contributed by atoms with Crippen molar-refractivity contribution in [3.05, 3.63) is 83.2 Å². The Hall–Kier alpha value is -3.91. The molecule has 1 saturated heterocycles. The average Bonchev–Trinajstić information content (AvgIpc) is 3.42. The molecule has 1 unspecified atom stereocenters. The topological polar surface area (TPSA) is 87.9 Å². The Bertz CT molecular complexity index is 1280. The summed E-state index contributed by atoms with van der Waals surface area (Å²) in [6.07, 6.45) is 1.54. The van der Waals surface area contributed by atoms with E-state index in [0.29, 0.717) is 36.7 Å². The predicted molar refractivity (Wildman–Crippen MR) is 143 cm³/mol. The molecule has 1 amide bonds. The maximum atomic E-state index is 13.4. The van der Waals surface area contributed by atoms with Gasteiger partial charge in [-0.15, -0.1) is 0 Å². The van der Waals surface area contributed by atoms with Gasteiger partial charge in [0.2, 0.25) is 0 Å². The summed E-state index contributed by atoms with van der Waals surface area (Å²) in [4.78, 5) is 30.4. The minimum atomic E-state index is -0.717. The van der Waals surface area contributed by atoms with Gasteiger partial charge in [0.15, 0.2) is 0 Å². The van der Waals surface area contributed by atoms with Crippen LogP contribution < -0.4 is 4.74 Å². The van der Waals surface area contributed by atoms with Crippen LogP contribution in [0.4, 0.5) is 0 Å². The first-order valence-electron chi connectivity index (χ1n) is 12.7. The fourth-order valence-corrected chi connectivity index (χ4v) is 4.78. The average molecular weight is 503 g/mol. The molecule has 1 aliphatic rings. The van der Waals surface area contributed by atoms with E-state index in [9.17, 15) is 14.7 Å². The molecule has 0 saturated carbocycles. The van der Waals surface area contributed by atoms with Gasteiger partial charge < -0.3 is 19.6 Å². The molecule has 3 aromatic rings. The number of rotatable bonds is 10. The number of benzene rings is 2. The number of amides is 1. The number of likely N-dealkylation sites (tertiary alicyclic amines) is 1. The number of para-hydroxylation sites is 1. The summed E-state index contributed by atoms with van der Waals surface area (Å²) < 4.78 is 7.28. The number of carbonyl (C=O) groups is 2. The van der Waals surface area contributed by atoms with Gasteiger partial charge in [-0.05, 0) is 56.8 Å². The Kier molecular flexibility index (Phi) is 8.08. The van der Waals surface area contributed by atoms with E-state index in [1.165, 1.54) is 6.20 Å². The van der Waals surface area contributed by atoms with Crippen LogP contribution in [-0.4, -0.2) is 69.2 Å². The third-order valence-corrected chi connectivity index (χ3v) is 6.86. The number of hydrogen-bond acceptors (Lipinski definition) is 6. The van der Waals surface area contributed by atoms with E-state index in [1.807, 2.05) is 68.4 Å². The van der Waals surface area contributed by atoms with Gasteiger partial charge >= 0.3 is 0 Å². The lowest BCUT2D eigenvalue weighted by atomic mass is 9.95. The first-order chi connectivity index (χ1) is 17.9. The van der Waals surface area contributed by atoms with Gasteiger partial charge in [-0.2, -0.15) is 5.10 Å². The second kappa shape index (κ2) is 11.4. The number of nitrogens with zero attached hydrogens (tertiary/aromatic N) is 4. The van der Waals surface area contributed by atoms with Crippen LogP contribution in [0.5, 0.6) is 5.75 Å². The maximum absolute atomic E-state index is 13.4. The van der Waals surface area contributed by atoms with Crippen LogP contribution in [0, 0.1) is 6.92 Å². The molecule has 1 atom stereocenters. The zero-order chi connectivity index (χ0) is 26.5. The van der Waals surface area contributed by atoms with Crippen molar-refractivity contribution in [1.82, 2.24) is 19.6 Å². The number of Topliss-reactive ketones (excluding diaryl/α,β-unsaturated/α-hetero) is 1. The summed E-state index contributed by atoms with van der Waals surface area (Å²) in [6, 6.07) is 16.2. The van der Waals surface area contributed by atoms with Crippen molar-refractivity contribution in [3.8, 4) is 11.4 Å². The van der Waals surface area contributed by atoms with E-state index in [2.05, 4.69) is 23.8 Å². The molecule has 1 aliphatic heterocycles. The quantitative estimate of drug-likeness (QED) is 0.252. The molecule has 1 aromatic heterocycles. The van der Waals surface area contributed by atoms with E-state index in [-0.39, 0.29) is 11.3 Å². The van der Waals surface area contributed by atoms with E-state index in [4.69, 9.17) is 4.74 Å². The van der Waals surface area contributed by atoms with Crippen LogP contribution in [0.1, 0.15) is 43.6 Å². The van der Waals surface area contributed by atoms with Crippen molar-refractivity contribution in [2.45, 2.75) is 33.7 Å². The smallest absolute Gasteiger partial charge is 0.295 e. The molecule has 4 rings (SSSR count). The summed E-state index contributed by atoms with van der Waals surface area (Å²) >= 11 is 0. The van der Waals surface area contributed by atoms with Crippen LogP contribution in [-0.2, 0) is 9.59 Å². The Morgan fingerprint density at radius 1 is 1.03 bits per heavy atom. The number of ketones is 1. The van der Waals surface area contributed by atoms with Crippen LogP contribution in [0.25, 0.3) is 11.4 Å². The van der Waals surface area contributed by atoms with Gasteiger partial charge in [0.25, 0.3) is 11.7 Å². The summed E-state index contributed by atoms with van der Waals surface area (Å²) in [5, 5.41) is 15.9. The molecule has 1 fully saturated rings. The molecule has 0 aliphatic carbocycles. The van der Waals surface area contributed by atoms with Gasteiger partial charge in [-0.3, -0.25) is 9.59 Å². The molecule has 2 heterocycles. The van der Waals surface area contributed by atoms with Gasteiger partial charge in [0, 0.05) is 13.1 Å². The van der Waals surface area contributed by atoms with E-state index < -0.39 is 17.7 Å². The number of carbonyl (C=O) groups excluding carboxylic acids is 2. The fourth-order valence-electron chi connectivity index (χ4n) is 4.78. The normalized spacial score (nSPS) is 17.1. The lowest BCUT2D eigenvalue weighted by Crippen LogP contribution is -2.38. The third kappa shape index (κ3) is 5.15.